The first kappa shape index (κ1) is 21.8. The van der Waals surface area contributed by atoms with Crippen molar-refractivity contribution in [2.24, 2.45) is 0 Å². The molecular formula is C19H21Cl2N5O2. The summed E-state index contributed by atoms with van der Waals surface area (Å²) in [5.74, 6) is -1.06. The molecule has 1 aromatic carbocycles. The molecule has 9 heteroatoms. The van der Waals surface area contributed by atoms with E-state index >= 15 is 0 Å². The maximum atomic E-state index is 11.2. The van der Waals surface area contributed by atoms with Gasteiger partial charge in [-0.2, -0.15) is 0 Å². The zero-order valence-corrected chi connectivity index (χ0v) is 16.9. The van der Waals surface area contributed by atoms with E-state index in [1.807, 2.05) is 36.5 Å². The minimum atomic E-state index is -1.06. The molecule has 1 N–H and O–H groups in total. The molecule has 0 amide bonds. The zero-order chi connectivity index (χ0) is 18.1. The number of rotatable bonds is 4. The number of fused-ring (bicyclic) bond motifs is 1. The van der Waals surface area contributed by atoms with Crippen molar-refractivity contribution >= 4 is 30.8 Å². The predicted molar refractivity (Wildman–Crippen MR) is 110 cm³/mol. The fourth-order valence-corrected chi connectivity index (χ4v) is 3.46. The second kappa shape index (κ2) is 9.14. The maximum Gasteiger partial charge on any atom is 0.358 e. The molecule has 0 aliphatic carbocycles. The quantitative estimate of drug-likeness (QED) is 0.696. The molecule has 148 valence electrons. The number of halogens is 2. The first-order valence-corrected chi connectivity index (χ1v) is 8.52. The lowest BCUT2D eigenvalue weighted by molar-refractivity contribution is 0.0689. The Kier molecular flexibility index (Phi) is 7.12. The Balaban J connectivity index is 0.00000140. The van der Waals surface area contributed by atoms with Gasteiger partial charge in [0.2, 0.25) is 0 Å². The molecular weight excluding hydrogens is 401 g/mol. The standard InChI is InChI=1S/C19H19N5O2.2ClH/c1-13-18(19(25)26)21-22-24(13)17-7-4-5-14-11-23(10-8-16(14)17)12-15-6-2-3-9-20-15;;/h2-7,9H,8,10-12H2,1H3,(H,25,26);2*1H. The summed E-state index contributed by atoms with van der Waals surface area (Å²) in [5.41, 5.74) is 4.95. The second-order valence-electron chi connectivity index (χ2n) is 6.44. The van der Waals surface area contributed by atoms with Crippen LogP contribution in [0.1, 0.15) is 33.0 Å². The SMILES string of the molecule is Cc1c(C(=O)O)nnn1-c1cccc2c1CCN(Cc1ccccn1)C2.Cl.Cl. The smallest absolute Gasteiger partial charge is 0.358 e. The molecule has 0 unspecified atom stereocenters. The number of carbonyl (C=O) groups is 1. The van der Waals surface area contributed by atoms with Crippen LogP contribution in [0.3, 0.4) is 0 Å². The topological polar surface area (TPSA) is 84.1 Å². The molecule has 0 atom stereocenters. The van der Waals surface area contributed by atoms with Crippen LogP contribution in [0.15, 0.2) is 42.6 Å². The highest BCUT2D eigenvalue weighted by Gasteiger charge is 2.23. The Morgan fingerprint density at radius 2 is 2.00 bits per heavy atom. The molecule has 7 nitrogen and oxygen atoms in total. The molecule has 2 aromatic heterocycles. The van der Waals surface area contributed by atoms with Crippen LogP contribution < -0.4 is 0 Å². The van der Waals surface area contributed by atoms with Crippen LogP contribution in [0.4, 0.5) is 0 Å². The average Bonchev–Trinajstić information content (AvgIpc) is 3.03. The summed E-state index contributed by atoms with van der Waals surface area (Å²) >= 11 is 0. The molecule has 0 bridgehead atoms. The Labute approximate surface area is 175 Å². The van der Waals surface area contributed by atoms with Crippen LogP contribution in [0.5, 0.6) is 0 Å². The summed E-state index contributed by atoms with van der Waals surface area (Å²) in [6.07, 6.45) is 2.69. The van der Waals surface area contributed by atoms with Crippen molar-refractivity contribution in [3.63, 3.8) is 0 Å². The van der Waals surface area contributed by atoms with Crippen LogP contribution in [0.2, 0.25) is 0 Å². The lowest BCUT2D eigenvalue weighted by Gasteiger charge is -2.29. The van der Waals surface area contributed by atoms with Crippen molar-refractivity contribution in [1.82, 2.24) is 24.9 Å². The third kappa shape index (κ3) is 4.16. The van der Waals surface area contributed by atoms with Gasteiger partial charge < -0.3 is 5.11 Å². The molecule has 3 aromatic rings. The van der Waals surface area contributed by atoms with Crippen LogP contribution in [0.25, 0.3) is 5.69 Å². The van der Waals surface area contributed by atoms with Crippen molar-refractivity contribution in [3.8, 4) is 5.69 Å². The van der Waals surface area contributed by atoms with Gasteiger partial charge in [-0.05, 0) is 42.7 Å². The van der Waals surface area contributed by atoms with Gasteiger partial charge >= 0.3 is 5.97 Å². The number of hydrogen-bond donors (Lipinski definition) is 1. The summed E-state index contributed by atoms with van der Waals surface area (Å²) in [4.78, 5) is 18.0. The second-order valence-corrected chi connectivity index (χ2v) is 6.44. The number of hydrogen-bond acceptors (Lipinski definition) is 5. The summed E-state index contributed by atoms with van der Waals surface area (Å²) in [7, 11) is 0. The third-order valence-corrected chi connectivity index (χ3v) is 4.76. The lowest BCUT2D eigenvalue weighted by Crippen LogP contribution is -2.31. The predicted octanol–water partition coefficient (Wildman–Crippen LogP) is 3.07. The van der Waals surface area contributed by atoms with Gasteiger partial charge in [0, 0.05) is 25.8 Å². The van der Waals surface area contributed by atoms with E-state index in [0.29, 0.717) is 5.69 Å². The van der Waals surface area contributed by atoms with Crippen molar-refractivity contribution < 1.29 is 9.90 Å². The minimum Gasteiger partial charge on any atom is -0.476 e. The van der Waals surface area contributed by atoms with Gasteiger partial charge in [-0.15, -0.1) is 29.9 Å². The van der Waals surface area contributed by atoms with Crippen molar-refractivity contribution in [1.29, 1.82) is 0 Å². The lowest BCUT2D eigenvalue weighted by atomic mass is 9.97. The summed E-state index contributed by atoms with van der Waals surface area (Å²) in [5, 5.41) is 17.1. The molecule has 0 saturated carbocycles. The minimum absolute atomic E-state index is 0. The molecule has 1 aliphatic rings. The van der Waals surface area contributed by atoms with Crippen molar-refractivity contribution in [2.75, 3.05) is 6.54 Å². The molecule has 1 aliphatic heterocycles. The van der Waals surface area contributed by atoms with Gasteiger partial charge in [0.25, 0.3) is 0 Å². The summed E-state index contributed by atoms with van der Waals surface area (Å²) in [6, 6.07) is 12.0. The summed E-state index contributed by atoms with van der Waals surface area (Å²) in [6.45, 7) is 4.30. The zero-order valence-electron chi connectivity index (χ0n) is 15.3. The number of nitrogens with zero attached hydrogens (tertiary/aromatic N) is 5. The van der Waals surface area contributed by atoms with Crippen LogP contribution >= 0.6 is 24.8 Å². The van der Waals surface area contributed by atoms with E-state index in [1.54, 1.807) is 11.6 Å². The Bertz CT molecular complexity index is 962. The molecule has 0 radical (unpaired) electrons. The monoisotopic (exact) mass is 421 g/mol. The molecule has 0 saturated heterocycles. The van der Waals surface area contributed by atoms with Gasteiger partial charge in [-0.1, -0.05) is 23.4 Å². The van der Waals surface area contributed by atoms with E-state index in [9.17, 15) is 9.90 Å². The maximum absolute atomic E-state index is 11.2. The Morgan fingerprint density at radius 1 is 1.18 bits per heavy atom. The first-order chi connectivity index (χ1) is 12.6. The highest BCUT2D eigenvalue weighted by atomic mass is 35.5. The third-order valence-electron chi connectivity index (χ3n) is 4.76. The van der Waals surface area contributed by atoms with E-state index in [4.69, 9.17) is 0 Å². The highest BCUT2D eigenvalue weighted by molar-refractivity contribution is 5.86. The molecule has 4 rings (SSSR count). The van der Waals surface area contributed by atoms with Crippen LogP contribution in [-0.2, 0) is 19.5 Å². The molecule has 3 heterocycles. The van der Waals surface area contributed by atoms with Gasteiger partial charge in [0.05, 0.1) is 17.1 Å². The van der Waals surface area contributed by atoms with E-state index in [2.05, 4.69) is 26.3 Å². The number of pyridine rings is 1. The summed E-state index contributed by atoms with van der Waals surface area (Å²) < 4.78 is 1.64. The Morgan fingerprint density at radius 3 is 2.68 bits per heavy atom. The van der Waals surface area contributed by atoms with Gasteiger partial charge in [0.15, 0.2) is 5.69 Å². The number of aromatic nitrogens is 4. The number of carboxylic acids is 1. The van der Waals surface area contributed by atoms with Crippen molar-refractivity contribution in [3.05, 3.63) is 70.8 Å². The van der Waals surface area contributed by atoms with E-state index < -0.39 is 5.97 Å². The van der Waals surface area contributed by atoms with Crippen molar-refractivity contribution in [2.45, 2.75) is 26.4 Å². The number of aromatic carboxylic acids is 1. The normalized spacial score (nSPS) is 13.2. The fourth-order valence-electron chi connectivity index (χ4n) is 3.46. The fraction of sp³-hybridized carbons (Fsp3) is 0.263. The first-order valence-electron chi connectivity index (χ1n) is 8.52. The van der Waals surface area contributed by atoms with Gasteiger partial charge in [-0.3, -0.25) is 9.88 Å². The molecule has 0 fully saturated rings. The van der Waals surface area contributed by atoms with E-state index in [0.717, 1.165) is 37.4 Å². The largest absolute Gasteiger partial charge is 0.476 e. The van der Waals surface area contributed by atoms with Crippen LogP contribution in [0, 0.1) is 6.92 Å². The molecule has 28 heavy (non-hydrogen) atoms. The van der Waals surface area contributed by atoms with E-state index in [1.165, 1.54) is 11.1 Å². The average molecular weight is 422 g/mol. The highest BCUT2D eigenvalue weighted by Crippen LogP contribution is 2.26. The number of carboxylic acid groups (broad SMARTS) is 1. The van der Waals surface area contributed by atoms with Gasteiger partial charge in [0.1, 0.15) is 0 Å². The van der Waals surface area contributed by atoms with Gasteiger partial charge in [-0.25, -0.2) is 9.48 Å². The van der Waals surface area contributed by atoms with E-state index in [-0.39, 0.29) is 30.5 Å². The molecule has 0 spiro atoms. The Hall–Kier alpha value is -2.48. The number of benzene rings is 1. The van der Waals surface area contributed by atoms with Crippen LogP contribution in [-0.4, -0.2) is 42.5 Å².